The molecule has 0 bridgehead atoms. The second-order valence-electron chi connectivity index (χ2n) is 4.33. The molecule has 2 atom stereocenters. The third kappa shape index (κ3) is 3.06. The first-order valence-corrected chi connectivity index (χ1v) is 6.68. The quantitative estimate of drug-likeness (QED) is 0.843. The van der Waals surface area contributed by atoms with E-state index in [4.69, 9.17) is 0 Å². The van der Waals surface area contributed by atoms with Gasteiger partial charge in [-0.2, -0.15) is 11.3 Å². The molecule has 3 nitrogen and oxygen atoms in total. The Labute approximate surface area is 99.5 Å². The van der Waals surface area contributed by atoms with Crippen LogP contribution in [0.4, 0.5) is 0 Å². The summed E-state index contributed by atoms with van der Waals surface area (Å²) in [6.45, 7) is 0. The second kappa shape index (κ2) is 5.46. The highest BCUT2D eigenvalue weighted by Gasteiger charge is 2.24. The first-order chi connectivity index (χ1) is 7.75. The molecule has 0 saturated heterocycles. The van der Waals surface area contributed by atoms with Crippen LogP contribution in [0.25, 0.3) is 0 Å². The highest BCUT2D eigenvalue weighted by Crippen LogP contribution is 2.18. The smallest absolute Gasteiger partial charge is 0.224 e. The molecule has 0 aromatic carbocycles. The molecule has 1 aliphatic rings. The largest absolute Gasteiger partial charge is 0.391 e. The van der Waals surface area contributed by atoms with Gasteiger partial charge in [-0.25, -0.2) is 0 Å². The lowest BCUT2D eigenvalue weighted by atomic mass is 9.92. The Morgan fingerprint density at radius 2 is 2.31 bits per heavy atom. The van der Waals surface area contributed by atoms with E-state index >= 15 is 0 Å². The minimum Gasteiger partial charge on any atom is -0.391 e. The van der Waals surface area contributed by atoms with Gasteiger partial charge < -0.3 is 10.4 Å². The minimum absolute atomic E-state index is 0.0179. The van der Waals surface area contributed by atoms with Gasteiger partial charge in [0.1, 0.15) is 0 Å². The fourth-order valence-electron chi connectivity index (χ4n) is 2.12. The lowest BCUT2D eigenvalue weighted by Crippen LogP contribution is -2.45. The maximum absolute atomic E-state index is 11.7. The van der Waals surface area contributed by atoms with Gasteiger partial charge in [0.15, 0.2) is 0 Å². The van der Waals surface area contributed by atoms with Crippen LogP contribution in [0.2, 0.25) is 0 Å². The maximum Gasteiger partial charge on any atom is 0.224 e. The number of rotatable bonds is 3. The summed E-state index contributed by atoms with van der Waals surface area (Å²) in [6, 6.07) is 1.92. The van der Waals surface area contributed by atoms with Crippen LogP contribution in [-0.4, -0.2) is 23.2 Å². The van der Waals surface area contributed by atoms with Crippen molar-refractivity contribution in [1.29, 1.82) is 0 Å². The Hall–Kier alpha value is -0.870. The molecular formula is C12H17NO2S. The molecular weight excluding hydrogens is 222 g/mol. The van der Waals surface area contributed by atoms with E-state index in [0.717, 1.165) is 31.2 Å². The molecule has 88 valence electrons. The zero-order valence-corrected chi connectivity index (χ0v) is 10.0. The van der Waals surface area contributed by atoms with Gasteiger partial charge in [-0.3, -0.25) is 4.79 Å². The summed E-state index contributed by atoms with van der Waals surface area (Å²) in [6.07, 6.45) is 3.94. The Morgan fingerprint density at radius 3 is 3.00 bits per heavy atom. The van der Waals surface area contributed by atoms with E-state index in [2.05, 4.69) is 5.32 Å². The second-order valence-corrected chi connectivity index (χ2v) is 5.11. The van der Waals surface area contributed by atoms with Gasteiger partial charge in [0, 0.05) is 0 Å². The number of hydrogen-bond acceptors (Lipinski definition) is 3. The molecule has 1 aliphatic carbocycles. The van der Waals surface area contributed by atoms with Crippen molar-refractivity contribution in [3.63, 3.8) is 0 Å². The topological polar surface area (TPSA) is 49.3 Å². The van der Waals surface area contributed by atoms with Gasteiger partial charge in [0.25, 0.3) is 0 Å². The molecule has 16 heavy (non-hydrogen) atoms. The zero-order valence-electron chi connectivity index (χ0n) is 9.19. The van der Waals surface area contributed by atoms with Crippen molar-refractivity contribution >= 4 is 17.2 Å². The third-order valence-electron chi connectivity index (χ3n) is 3.02. The van der Waals surface area contributed by atoms with Crippen molar-refractivity contribution < 1.29 is 9.90 Å². The first-order valence-electron chi connectivity index (χ1n) is 5.74. The molecule has 0 radical (unpaired) electrons. The van der Waals surface area contributed by atoms with Gasteiger partial charge >= 0.3 is 0 Å². The molecule has 1 aromatic rings. The van der Waals surface area contributed by atoms with Gasteiger partial charge in [0.05, 0.1) is 18.6 Å². The average molecular weight is 239 g/mol. The third-order valence-corrected chi connectivity index (χ3v) is 3.75. The summed E-state index contributed by atoms with van der Waals surface area (Å²) >= 11 is 1.60. The van der Waals surface area contributed by atoms with Crippen molar-refractivity contribution in [2.24, 2.45) is 0 Å². The lowest BCUT2D eigenvalue weighted by molar-refractivity contribution is -0.122. The number of nitrogens with one attached hydrogen (secondary N) is 1. The van der Waals surface area contributed by atoms with Gasteiger partial charge in [-0.1, -0.05) is 12.8 Å². The molecule has 4 heteroatoms. The molecule has 2 rings (SSSR count). The van der Waals surface area contributed by atoms with E-state index in [1.807, 2.05) is 16.8 Å². The molecule has 0 spiro atoms. The number of hydrogen-bond donors (Lipinski definition) is 2. The molecule has 0 aliphatic heterocycles. The Balaban J connectivity index is 1.82. The van der Waals surface area contributed by atoms with E-state index in [0.29, 0.717) is 6.42 Å². The molecule has 1 fully saturated rings. The van der Waals surface area contributed by atoms with Crippen LogP contribution in [0.5, 0.6) is 0 Å². The molecule has 0 unspecified atom stereocenters. The van der Waals surface area contributed by atoms with Crippen molar-refractivity contribution in [3.8, 4) is 0 Å². The van der Waals surface area contributed by atoms with Crippen LogP contribution in [0.15, 0.2) is 16.8 Å². The molecule has 1 amide bonds. The molecule has 2 N–H and O–H groups in total. The number of aliphatic hydroxyl groups excluding tert-OH is 1. The molecule has 1 heterocycles. The Kier molecular flexibility index (Phi) is 3.96. The predicted molar refractivity (Wildman–Crippen MR) is 64.4 cm³/mol. The van der Waals surface area contributed by atoms with Gasteiger partial charge in [0.2, 0.25) is 5.91 Å². The summed E-state index contributed by atoms with van der Waals surface area (Å²) in [4.78, 5) is 11.7. The fourth-order valence-corrected chi connectivity index (χ4v) is 2.78. The standard InChI is InChI=1S/C12H17NO2S/c14-11-4-2-1-3-10(11)13-12(15)7-9-5-6-16-8-9/h5-6,8,10-11,14H,1-4,7H2,(H,13,15)/t10-,11-/m0/s1. The van der Waals surface area contributed by atoms with E-state index in [-0.39, 0.29) is 18.1 Å². The monoisotopic (exact) mass is 239 g/mol. The van der Waals surface area contributed by atoms with Gasteiger partial charge in [-0.05, 0) is 35.2 Å². The van der Waals surface area contributed by atoms with E-state index < -0.39 is 0 Å². The molecule has 1 saturated carbocycles. The van der Waals surface area contributed by atoms with Crippen LogP contribution >= 0.6 is 11.3 Å². The highest BCUT2D eigenvalue weighted by molar-refractivity contribution is 7.07. The normalized spacial score (nSPS) is 25.3. The first kappa shape index (κ1) is 11.6. The summed E-state index contributed by atoms with van der Waals surface area (Å²) in [5, 5.41) is 16.6. The lowest BCUT2D eigenvalue weighted by Gasteiger charge is -2.28. The highest BCUT2D eigenvalue weighted by atomic mass is 32.1. The number of carbonyl (C=O) groups excluding carboxylic acids is 1. The Morgan fingerprint density at radius 1 is 1.50 bits per heavy atom. The zero-order chi connectivity index (χ0) is 11.4. The van der Waals surface area contributed by atoms with Crippen molar-refractivity contribution in [1.82, 2.24) is 5.32 Å². The fraction of sp³-hybridized carbons (Fsp3) is 0.583. The average Bonchev–Trinajstić information content (AvgIpc) is 2.74. The number of thiophene rings is 1. The van der Waals surface area contributed by atoms with Gasteiger partial charge in [-0.15, -0.1) is 0 Å². The van der Waals surface area contributed by atoms with Crippen LogP contribution in [-0.2, 0) is 11.2 Å². The van der Waals surface area contributed by atoms with Crippen LogP contribution < -0.4 is 5.32 Å². The van der Waals surface area contributed by atoms with Crippen LogP contribution in [0.3, 0.4) is 0 Å². The van der Waals surface area contributed by atoms with E-state index in [9.17, 15) is 9.90 Å². The number of aliphatic hydroxyl groups is 1. The summed E-state index contributed by atoms with van der Waals surface area (Å²) in [5.41, 5.74) is 1.05. The van der Waals surface area contributed by atoms with Crippen LogP contribution in [0.1, 0.15) is 31.2 Å². The van der Waals surface area contributed by atoms with E-state index in [1.54, 1.807) is 11.3 Å². The summed E-state index contributed by atoms with van der Waals surface area (Å²) < 4.78 is 0. The predicted octanol–water partition coefficient (Wildman–Crippen LogP) is 1.71. The number of carbonyl (C=O) groups is 1. The minimum atomic E-state index is -0.361. The van der Waals surface area contributed by atoms with Crippen molar-refractivity contribution in [2.75, 3.05) is 0 Å². The number of amides is 1. The Bertz CT molecular complexity index is 337. The van der Waals surface area contributed by atoms with Crippen LogP contribution in [0, 0.1) is 0 Å². The van der Waals surface area contributed by atoms with Crippen molar-refractivity contribution in [3.05, 3.63) is 22.4 Å². The molecule has 1 aromatic heterocycles. The summed E-state index contributed by atoms with van der Waals surface area (Å²) in [7, 11) is 0. The summed E-state index contributed by atoms with van der Waals surface area (Å²) in [5.74, 6) is 0.0179. The SMILES string of the molecule is O=C(Cc1ccsc1)N[C@H]1CCCC[C@@H]1O. The van der Waals surface area contributed by atoms with Crippen molar-refractivity contribution in [2.45, 2.75) is 44.2 Å². The maximum atomic E-state index is 11.7. The van der Waals surface area contributed by atoms with E-state index in [1.165, 1.54) is 0 Å².